The van der Waals surface area contributed by atoms with E-state index in [1.165, 1.54) is 0 Å². The minimum absolute atomic E-state index is 0.119. The maximum Gasteiger partial charge on any atom is 0.222 e. The molecule has 64 valence electrons. The number of rotatable bonds is 4. The largest absolute Gasteiger partial charge is 0.396 e. The molecule has 1 aliphatic rings. The van der Waals surface area contributed by atoms with Crippen LogP contribution < -0.4 is 11.1 Å². The first-order valence-corrected chi connectivity index (χ1v) is 3.85. The van der Waals surface area contributed by atoms with Crippen LogP contribution in [0.1, 0.15) is 6.42 Å². The Kier molecular flexibility index (Phi) is 2.84. The summed E-state index contributed by atoms with van der Waals surface area (Å²) < 4.78 is 0. The number of hydrogen-bond donors (Lipinski definition) is 3. The summed E-state index contributed by atoms with van der Waals surface area (Å²) in [5, 5.41) is 11.8. The van der Waals surface area contributed by atoms with Gasteiger partial charge in [0.05, 0.1) is 12.5 Å². The SMILES string of the molecule is NC(=O)C(CO)CC1CNC1. The van der Waals surface area contributed by atoms with Crippen molar-refractivity contribution in [1.82, 2.24) is 5.32 Å². The molecule has 0 bridgehead atoms. The number of aliphatic hydroxyl groups is 1. The molecule has 0 aromatic heterocycles. The predicted molar refractivity (Wildman–Crippen MR) is 40.7 cm³/mol. The number of amides is 1. The number of primary amides is 1. The van der Waals surface area contributed by atoms with Crippen molar-refractivity contribution in [2.24, 2.45) is 17.6 Å². The highest BCUT2D eigenvalue weighted by molar-refractivity contribution is 5.76. The van der Waals surface area contributed by atoms with Gasteiger partial charge in [0, 0.05) is 0 Å². The van der Waals surface area contributed by atoms with Gasteiger partial charge in [-0.05, 0) is 25.4 Å². The highest BCUT2D eigenvalue weighted by Gasteiger charge is 2.24. The molecule has 1 saturated heterocycles. The summed E-state index contributed by atoms with van der Waals surface area (Å²) in [5.41, 5.74) is 5.05. The molecule has 1 amide bonds. The first kappa shape index (κ1) is 8.49. The van der Waals surface area contributed by atoms with Crippen LogP contribution in [-0.2, 0) is 4.79 Å². The molecule has 1 aliphatic heterocycles. The summed E-state index contributed by atoms with van der Waals surface area (Å²) >= 11 is 0. The Balaban J connectivity index is 2.24. The zero-order chi connectivity index (χ0) is 8.27. The summed E-state index contributed by atoms with van der Waals surface area (Å²) in [6, 6.07) is 0. The number of nitrogens with two attached hydrogens (primary N) is 1. The van der Waals surface area contributed by atoms with E-state index in [1.807, 2.05) is 0 Å². The van der Waals surface area contributed by atoms with E-state index in [0.717, 1.165) is 19.5 Å². The molecule has 0 spiro atoms. The molecule has 4 heteroatoms. The van der Waals surface area contributed by atoms with E-state index < -0.39 is 0 Å². The molecule has 4 N–H and O–H groups in total. The maximum atomic E-state index is 10.6. The third-order valence-electron chi connectivity index (χ3n) is 2.11. The molecule has 4 nitrogen and oxygen atoms in total. The van der Waals surface area contributed by atoms with Gasteiger partial charge in [0.15, 0.2) is 0 Å². The normalized spacial score (nSPS) is 20.8. The van der Waals surface area contributed by atoms with Crippen LogP contribution in [0.2, 0.25) is 0 Å². The lowest BCUT2D eigenvalue weighted by atomic mass is 9.90. The van der Waals surface area contributed by atoms with Crippen molar-refractivity contribution in [3.63, 3.8) is 0 Å². The smallest absolute Gasteiger partial charge is 0.222 e. The molecule has 1 rings (SSSR count). The van der Waals surface area contributed by atoms with E-state index in [1.54, 1.807) is 0 Å². The van der Waals surface area contributed by atoms with Gasteiger partial charge in [-0.2, -0.15) is 0 Å². The Labute approximate surface area is 65.8 Å². The van der Waals surface area contributed by atoms with Gasteiger partial charge in [-0.15, -0.1) is 0 Å². The molecule has 1 fully saturated rings. The fourth-order valence-corrected chi connectivity index (χ4v) is 1.20. The number of carbonyl (C=O) groups is 1. The third kappa shape index (κ3) is 2.17. The topological polar surface area (TPSA) is 75.4 Å². The minimum Gasteiger partial charge on any atom is -0.396 e. The first-order chi connectivity index (χ1) is 5.24. The summed E-state index contributed by atoms with van der Waals surface area (Å²) in [6.07, 6.45) is 0.721. The van der Waals surface area contributed by atoms with Crippen molar-refractivity contribution in [3.05, 3.63) is 0 Å². The van der Waals surface area contributed by atoms with Crippen LogP contribution in [0, 0.1) is 11.8 Å². The van der Waals surface area contributed by atoms with Crippen molar-refractivity contribution in [2.75, 3.05) is 19.7 Å². The molecular weight excluding hydrogens is 144 g/mol. The lowest BCUT2D eigenvalue weighted by Crippen LogP contribution is -2.44. The number of aliphatic hydroxyl groups excluding tert-OH is 1. The van der Waals surface area contributed by atoms with Gasteiger partial charge in [0.2, 0.25) is 5.91 Å². The standard InChI is InChI=1S/C7H14N2O2/c8-7(11)6(4-10)1-5-2-9-3-5/h5-6,9-10H,1-4H2,(H2,8,11). The lowest BCUT2D eigenvalue weighted by Gasteiger charge is -2.29. The van der Waals surface area contributed by atoms with E-state index in [9.17, 15) is 4.79 Å². The van der Waals surface area contributed by atoms with Crippen molar-refractivity contribution in [2.45, 2.75) is 6.42 Å². The second kappa shape index (κ2) is 3.69. The van der Waals surface area contributed by atoms with E-state index in [-0.39, 0.29) is 18.4 Å². The zero-order valence-electron chi connectivity index (χ0n) is 6.42. The first-order valence-electron chi connectivity index (χ1n) is 3.85. The van der Waals surface area contributed by atoms with Crippen molar-refractivity contribution >= 4 is 5.91 Å². The molecule has 1 unspecified atom stereocenters. The Morgan fingerprint density at radius 3 is 2.64 bits per heavy atom. The molecule has 0 radical (unpaired) electrons. The van der Waals surface area contributed by atoms with Crippen LogP contribution in [-0.4, -0.2) is 30.7 Å². The van der Waals surface area contributed by atoms with Crippen molar-refractivity contribution in [1.29, 1.82) is 0 Å². The van der Waals surface area contributed by atoms with Crippen LogP contribution in [0.25, 0.3) is 0 Å². The van der Waals surface area contributed by atoms with Gasteiger partial charge >= 0.3 is 0 Å². The zero-order valence-corrected chi connectivity index (χ0v) is 6.42. The Morgan fingerprint density at radius 1 is 1.73 bits per heavy atom. The fourth-order valence-electron chi connectivity index (χ4n) is 1.20. The molecule has 0 aromatic carbocycles. The molecular formula is C7H14N2O2. The average Bonchev–Trinajstić information content (AvgIpc) is 1.85. The Bertz CT molecular complexity index is 145. The second-order valence-corrected chi connectivity index (χ2v) is 3.04. The second-order valence-electron chi connectivity index (χ2n) is 3.04. The summed E-state index contributed by atoms with van der Waals surface area (Å²) in [7, 11) is 0. The minimum atomic E-state index is -0.389. The van der Waals surface area contributed by atoms with Crippen LogP contribution >= 0.6 is 0 Å². The van der Waals surface area contributed by atoms with E-state index in [2.05, 4.69) is 5.32 Å². The van der Waals surface area contributed by atoms with Gasteiger partial charge in [0.25, 0.3) is 0 Å². The quantitative estimate of drug-likeness (QED) is 0.475. The molecule has 0 aromatic rings. The van der Waals surface area contributed by atoms with E-state index in [0.29, 0.717) is 5.92 Å². The van der Waals surface area contributed by atoms with Gasteiger partial charge in [0.1, 0.15) is 0 Å². The summed E-state index contributed by atoms with van der Waals surface area (Å²) in [5.74, 6) is -0.207. The Hall–Kier alpha value is -0.610. The highest BCUT2D eigenvalue weighted by Crippen LogP contribution is 2.15. The maximum absolute atomic E-state index is 10.6. The highest BCUT2D eigenvalue weighted by atomic mass is 16.3. The fraction of sp³-hybridized carbons (Fsp3) is 0.857. The van der Waals surface area contributed by atoms with Crippen molar-refractivity contribution < 1.29 is 9.90 Å². The van der Waals surface area contributed by atoms with Crippen molar-refractivity contribution in [3.8, 4) is 0 Å². The molecule has 1 heterocycles. The van der Waals surface area contributed by atoms with E-state index >= 15 is 0 Å². The van der Waals surface area contributed by atoms with Gasteiger partial charge in [-0.25, -0.2) is 0 Å². The molecule has 0 aliphatic carbocycles. The number of hydrogen-bond acceptors (Lipinski definition) is 3. The molecule has 1 atom stereocenters. The van der Waals surface area contributed by atoms with Gasteiger partial charge < -0.3 is 16.2 Å². The van der Waals surface area contributed by atoms with E-state index in [4.69, 9.17) is 10.8 Å². The molecule has 11 heavy (non-hydrogen) atoms. The summed E-state index contributed by atoms with van der Waals surface area (Å²) in [6.45, 7) is 1.78. The molecule has 0 saturated carbocycles. The van der Waals surface area contributed by atoms with Crippen LogP contribution in [0.5, 0.6) is 0 Å². The van der Waals surface area contributed by atoms with Crippen LogP contribution in [0.4, 0.5) is 0 Å². The Morgan fingerprint density at radius 2 is 2.36 bits per heavy atom. The number of nitrogens with one attached hydrogen (secondary N) is 1. The van der Waals surface area contributed by atoms with Gasteiger partial charge in [-0.3, -0.25) is 4.79 Å². The van der Waals surface area contributed by atoms with Crippen LogP contribution in [0.15, 0.2) is 0 Å². The number of carbonyl (C=O) groups excluding carboxylic acids is 1. The van der Waals surface area contributed by atoms with Gasteiger partial charge in [-0.1, -0.05) is 0 Å². The third-order valence-corrected chi connectivity index (χ3v) is 2.11. The predicted octanol–water partition coefficient (Wildman–Crippen LogP) is -1.31. The monoisotopic (exact) mass is 158 g/mol. The summed E-state index contributed by atoms with van der Waals surface area (Å²) in [4.78, 5) is 10.6. The lowest BCUT2D eigenvalue weighted by molar-refractivity contribution is -0.123. The van der Waals surface area contributed by atoms with Crippen LogP contribution in [0.3, 0.4) is 0 Å². The average molecular weight is 158 g/mol.